The fraction of sp³-hybridized carbons (Fsp3) is 0.571. The van der Waals surface area contributed by atoms with E-state index in [0.29, 0.717) is 6.54 Å². The number of alkyl halides is 3. The standard InChI is InChI=1S/C14H18F3N3O2/c1-20(8-13(9-21)4-2-5-13)12(22)19-11-7-10(3-6-18-11)14(15,16)17/h3,6-7,21H,2,4-5,8-9H2,1H3,(H,18,19,22). The molecular weight excluding hydrogens is 299 g/mol. The van der Waals surface area contributed by atoms with E-state index in [1.165, 1.54) is 4.90 Å². The van der Waals surface area contributed by atoms with Crippen molar-refractivity contribution >= 4 is 11.8 Å². The lowest BCUT2D eigenvalue weighted by Crippen LogP contribution is -2.46. The highest BCUT2D eigenvalue weighted by Crippen LogP contribution is 2.40. The molecule has 2 amide bonds. The Morgan fingerprint density at radius 1 is 1.50 bits per heavy atom. The number of aliphatic hydroxyl groups is 1. The number of carbonyl (C=O) groups is 1. The van der Waals surface area contributed by atoms with Crippen LogP contribution < -0.4 is 5.32 Å². The van der Waals surface area contributed by atoms with Crippen molar-refractivity contribution in [3.05, 3.63) is 23.9 Å². The lowest BCUT2D eigenvalue weighted by molar-refractivity contribution is -0.137. The smallest absolute Gasteiger partial charge is 0.396 e. The van der Waals surface area contributed by atoms with Gasteiger partial charge in [-0.25, -0.2) is 9.78 Å². The van der Waals surface area contributed by atoms with E-state index in [9.17, 15) is 23.1 Å². The summed E-state index contributed by atoms with van der Waals surface area (Å²) >= 11 is 0. The molecule has 0 spiro atoms. The number of hydrogen-bond acceptors (Lipinski definition) is 3. The highest BCUT2D eigenvalue weighted by atomic mass is 19.4. The second kappa shape index (κ2) is 6.12. The van der Waals surface area contributed by atoms with Crippen LogP contribution in [0.5, 0.6) is 0 Å². The van der Waals surface area contributed by atoms with Gasteiger partial charge in [0.25, 0.3) is 0 Å². The van der Waals surface area contributed by atoms with Crippen LogP contribution in [0.3, 0.4) is 0 Å². The predicted octanol–water partition coefficient (Wildman–Crippen LogP) is 2.73. The molecule has 1 heterocycles. The fourth-order valence-corrected chi connectivity index (χ4v) is 2.50. The summed E-state index contributed by atoms with van der Waals surface area (Å²) < 4.78 is 37.8. The number of urea groups is 1. The van der Waals surface area contributed by atoms with E-state index in [0.717, 1.165) is 37.6 Å². The third-order valence-electron chi connectivity index (χ3n) is 3.99. The predicted molar refractivity (Wildman–Crippen MR) is 74.3 cm³/mol. The molecule has 5 nitrogen and oxygen atoms in total. The van der Waals surface area contributed by atoms with Gasteiger partial charge in [-0.2, -0.15) is 13.2 Å². The van der Waals surface area contributed by atoms with Gasteiger partial charge in [0.2, 0.25) is 0 Å². The zero-order chi connectivity index (χ0) is 16.4. The van der Waals surface area contributed by atoms with Crippen LogP contribution in [0, 0.1) is 5.41 Å². The molecule has 122 valence electrons. The molecule has 2 N–H and O–H groups in total. The van der Waals surface area contributed by atoms with Crippen molar-refractivity contribution < 1.29 is 23.1 Å². The van der Waals surface area contributed by atoms with Crippen molar-refractivity contribution in [3.8, 4) is 0 Å². The van der Waals surface area contributed by atoms with Gasteiger partial charge in [-0.15, -0.1) is 0 Å². The maximum Gasteiger partial charge on any atom is 0.416 e. The first-order valence-corrected chi connectivity index (χ1v) is 6.92. The highest BCUT2D eigenvalue weighted by Gasteiger charge is 2.38. The second-order valence-electron chi connectivity index (χ2n) is 5.73. The van der Waals surface area contributed by atoms with Gasteiger partial charge in [0.1, 0.15) is 5.82 Å². The number of nitrogens with one attached hydrogen (secondary N) is 1. The zero-order valence-corrected chi connectivity index (χ0v) is 12.2. The van der Waals surface area contributed by atoms with Crippen molar-refractivity contribution in [3.63, 3.8) is 0 Å². The maximum absolute atomic E-state index is 12.6. The van der Waals surface area contributed by atoms with Crippen LogP contribution in [0.4, 0.5) is 23.8 Å². The van der Waals surface area contributed by atoms with E-state index in [2.05, 4.69) is 10.3 Å². The number of rotatable bonds is 4. The summed E-state index contributed by atoms with van der Waals surface area (Å²) in [7, 11) is 1.54. The zero-order valence-electron chi connectivity index (χ0n) is 12.2. The Balaban J connectivity index is 1.99. The molecule has 2 rings (SSSR count). The molecule has 1 aliphatic carbocycles. The van der Waals surface area contributed by atoms with Crippen LogP contribution in [0.2, 0.25) is 0 Å². The Morgan fingerprint density at radius 2 is 2.18 bits per heavy atom. The summed E-state index contributed by atoms with van der Waals surface area (Å²) in [6, 6.07) is 1.08. The van der Waals surface area contributed by atoms with E-state index in [1.54, 1.807) is 7.05 Å². The summed E-state index contributed by atoms with van der Waals surface area (Å²) in [4.78, 5) is 17.1. The Kier molecular flexibility index (Phi) is 4.60. The molecule has 0 bridgehead atoms. The quantitative estimate of drug-likeness (QED) is 0.897. The van der Waals surface area contributed by atoms with Gasteiger partial charge in [0.05, 0.1) is 12.2 Å². The van der Waals surface area contributed by atoms with Gasteiger partial charge in [-0.1, -0.05) is 6.42 Å². The molecule has 1 aromatic heterocycles. The normalized spacial score (nSPS) is 16.8. The summed E-state index contributed by atoms with van der Waals surface area (Å²) in [5.41, 5.74) is -1.15. The summed E-state index contributed by atoms with van der Waals surface area (Å²) in [6.07, 6.45) is -0.808. The van der Waals surface area contributed by atoms with Gasteiger partial charge >= 0.3 is 12.2 Å². The molecule has 0 atom stereocenters. The minimum Gasteiger partial charge on any atom is -0.396 e. The molecule has 1 aromatic rings. The fourth-order valence-electron chi connectivity index (χ4n) is 2.50. The minimum absolute atomic E-state index is 0.00751. The van der Waals surface area contributed by atoms with Gasteiger partial charge in [0, 0.05) is 25.2 Å². The Morgan fingerprint density at radius 3 is 2.68 bits per heavy atom. The average Bonchev–Trinajstić information content (AvgIpc) is 2.42. The molecular formula is C14H18F3N3O2. The van der Waals surface area contributed by atoms with E-state index < -0.39 is 17.8 Å². The molecule has 1 aliphatic rings. The van der Waals surface area contributed by atoms with Crippen molar-refractivity contribution in [1.29, 1.82) is 0 Å². The van der Waals surface area contributed by atoms with Gasteiger partial charge < -0.3 is 10.0 Å². The Labute approximate surface area is 126 Å². The molecule has 0 saturated heterocycles. The number of pyridine rings is 1. The van der Waals surface area contributed by atoms with Crippen molar-refractivity contribution in [2.45, 2.75) is 25.4 Å². The first kappa shape index (κ1) is 16.5. The minimum atomic E-state index is -4.48. The second-order valence-corrected chi connectivity index (χ2v) is 5.73. The molecule has 1 fully saturated rings. The molecule has 0 unspecified atom stereocenters. The van der Waals surface area contributed by atoms with Crippen LogP contribution >= 0.6 is 0 Å². The molecule has 1 saturated carbocycles. The van der Waals surface area contributed by atoms with E-state index in [1.807, 2.05) is 0 Å². The molecule has 22 heavy (non-hydrogen) atoms. The molecule has 8 heteroatoms. The SMILES string of the molecule is CN(CC1(CO)CCC1)C(=O)Nc1cc(C(F)(F)F)ccn1. The number of nitrogens with zero attached hydrogens (tertiary/aromatic N) is 2. The lowest BCUT2D eigenvalue weighted by Gasteiger charge is -2.42. The largest absolute Gasteiger partial charge is 0.416 e. The van der Waals surface area contributed by atoms with Crippen LogP contribution in [0.25, 0.3) is 0 Å². The van der Waals surface area contributed by atoms with E-state index >= 15 is 0 Å². The van der Waals surface area contributed by atoms with E-state index in [4.69, 9.17) is 0 Å². The first-order chi connectivity index (χ1) is 10.3. The number of halogens is 3. The topological polar surface area (TPSA) is 65.5 Å². The van der Waals surface area contributed by atoms with Crippen molar-refractivity contribution in [2.75, 3.05) is 25.5 Å². The average molecular weight is 317 g/mol. The number of aromatic nitrogens is 1. The maximum atomic E-state index is 12.6. The summed E-state index contributed by atoms with van der Waals surface area (Å²) in [5.74, 6) is -0.154. The monoisotopic (exact) mass is 317 g/mol. The molecule has 0 aromatic carbocycles. The van der Waals surface area contributed by atoms with Crippen molar-refractivity contribution in [2.24, 2.45) is 5.41 Å². The van der Waals surface area contributed by atoms with Gasteiger partial charge in [-0.3, -0.25) is 5.32 Å². The van der Waals surface area contributed by atoms with Crippen LogP contribution in [0.1, 0.15) is 24.8 Å². The molecule has 0 radical (unpaired) electrons. The number of aliphatic hydroxyl groups excluding tert-OH is 1. The Hall–Kier alpha value is -1.83. The van der Waals surface area contributed by atoms with Crippen molar-refractivity contribution in [1.82, 2.24) is 9.88 Å². The van der Waals surface area contributed by atoms with Crippen LogP contribution in [-0.2, 0) is 6.18 Å². The van der Waals surface area contributed by atoms with Gasteiger partial charge in [0.15, 0.2) is 0 Å². The highest BCUT2D eigenvalue weighted by molar-refractivity contribution is 5.88. The number of carbonyl (C=O) groups excluding carboxylic acids is 1. The number of hydrogen-bond donors (Lipinski definition) is 2. The number of anilines is 1. The molecule has 0 aliphatic heterocycles. The third kappa shape index (κ3) is 3.68. The summed E-state index contributed by atoms with van der Waals surface area (Å²) in [6.45, 7) is 0.348. The van der Waals surface area contributed by atoms with Crippen LogP contribution in [-0.4, -0.2) is 41.2 Å². The van der Waals surface area contributed by atoms with Gasteiger partial charge in [-0.05, 0) is 25.0 Å². The van der Waals surface area contributed by atoms with E-state index in [-0.39, 0.29) is 17.8 Å². The first-order valence-electron chi connectivity index (χ1n) is 6.92. The van der Waals surface area contributed by atoms with Crippen LogP contribution in [0.15, 0.2) is 18.3 Å². The lowest BCUT2D eigenvalue weighted by atomic mass is 9.69. The Bertz CT molecular complexity index is 539. The summed E-state index contributed by atoms with van der Waals surface area (Å²) in [5, 5.41) is 11.7. The number of amides is 2. The third-order valence-corrected chi connectivity index (χ3v) is 3.99.